The summed E-state index contributed by atoms with van der Waals surface area (Å²) in [6, 6.07) is 7.62. The van der Waals surface area contributed by atoms with Gasteiger partial charge in [-0.15, -0.1) is 11.3 Å². The summed E-state index contributed by atoms with van der Waals surface area (Å²) in [5, 5.41) is 30.6. The first kappa shape index (κ1) is 27.4. The van der Waals surface area contributed by atoms with Crippen molar-refractivity contribution in [3.8, 4) is 0 Å². The number of hydrogen-bond donors (Lipinski definition) is 4. The SMILES string of the molecule is Cc1sc(C(O)c2cncnc2N[C@@H]2C[C@H](COS(N)(=O)=O)[C@@H](O)C2)cc1C1OCCc2ccc(Cl)cc21. The highest BCUT2D eigenvalue weighted by atomic mass is 35.5. The Morgan fingerprint density at radius 2 is 2.13 bits per heavy atom. The molecular weight excluding hydrogens is 552 g/mol. The molecule has 13 heteroatoms. The van der Waals surface area contributed by atoms with Crippen LogP contribution in [-0.2, 0) is 25.6 Å². The quantitative estimate of drug-likeness (QED) is 0.314. The molecule has 2 aromatic heterocycles. The van der Waals surface area contributed by atoms with E-state index < -0.39 is 28.4 Å². The van der Waals surface area contributed by atoms with Gasteiger partial charge in [-0.25, -0.2) is 15.1 Å². The van der Waals surface area contributed by atoms with Gasteiger partial charge >= 0.3 is 10.3 Å². The van der Waals surface area contributed by atoms with Crippen LogP contribution in [0.15, 0.2) is 36.8 Å². The molecule has 1 saturated carbocycles. The summed E-state index contributed by atoms with van der Waals surface area (Å²) in [4.78, 5) is 10.2. The second-order valence-electron chi connectivity index (χ2n) is 9.65. The molecule has 10 nitrogen and oxygen atoms in total. The molecule has 0 saturated heterocycles. The number of aliphatic hydroxyl groups excluding tert-OH is 2. The number of nitrogens with zero attached hydrogens (tertiary/aromatic N) is 2. The predicted molar refractivity (Wildman–Crippen MR) is 143 cm³/mol. The molecule has 204 valence electrons. The van der Waals surface area contributed by atoms with Gasteiger partial charge in [0.15, 0.2) is 0 Å². The Morgan fingerprint density at radius 1 is 1.32 bits per heavy atom. The van der Waals surface area contributed by atoms with Crippen LogP contribution < -0.4 is 10.5 Å². The molecule has 0 bridgehead atoms. The van der Waals surface area contributed by atoms with Crippen LogP contribution in [0.25, 0.3) is 0 Å². The number of nitrogens with one attached hydrogen (secondary N) is 1. The Labute approximate surface area is 230 Å². The number of aryl methyl sites for hydroxylation is 1. The summed E-state index contributed by atoms with van der Waals surface area (Å²) >= 11 is 7.76. The average molecular weight is 581 g/mol. The minimum Gasteiger partial charge on any atom is -0.393 e. The molecule has 5 N–H and O–H groups in total. The van der Waals surface area contributed by atoms with Gasteiger partial charge < -0.3 is 20.3 Å². The Kier molecular flexibility index (Phi) is 8.04. The largest absolute Gasteiger partial charge is 0.393 e. The first-order valence-corrected chi connectivity index (χ1v) is 14.9. The Hall–Kier alpha value is -2.16. The monoisotopic (exact) mass is 580 g/mol. The fourth-order valence-electron chi connectivity index (χ4n) is 5.18. The number of fused-ring (bicyclic) bond motifs is 1. The number of ether oxygens (including phenoxy) is 1. The number of halogens is 1. The van der Waals surface area contributed by atoms with E-state index in [1.54, 1.807) is 6.20 Å². The predicted octanol–water partition coefficient (Wildman–Crippen LogP) is 3.02. The molecule has 2 aliphatic rings. The Balaban J connectivity index is 1.35. The molecule has 38 heavy (non-hydrogen) atoms. The van der Waals surface area contributed by atoms with E-state index in [-0.39, 0.29) is 18.8 Å². The summed E-state index contributed by atoms with van der Waals surface area (Å²) in [5.74, 6) is 0.0341. The van der Waals surface area contributed by atoms with E-state index in [1.807, 2.05) is 31.2 Å². The smallest absolute Gasteiger partial charge is 0.333 e. The van der Waals surface area contributed by atoms with Crippen molar-refractivity contribution in [2.24, 2.45) is 11.1 Å². The van der Waals surface area contributed by atoms with Gasteiger partial charge in [-0.2, -0.15) is 8.42 Å². The maximum absolute atomic E-state index is 11.4. The van der Waals surface area contributed by atoms with Crippen LogP contribution >= 0.6 is 22.9 Å². The van der Waals surface area contributed by atoms with Gasteiger partial charge in [-0.1, -0.05) is 17.7 Å². The molecule has 3 heterocycles. The molecule has 0 amide bonds. The number of rotatable bonds is 8. The first-order valence-electron chi connectivity index (χ1n) is 12.2. The zero-order valence-corrected chi connectivity index (χ0v) is 23.0. The van der Waals surface area contributed by atoms with Crippen molar-refractivity contribution in [2.45, 2.75) is 50.5 Å². The van der Waals surface area contributed by atoms with Crippen molar-refractivity contribution in [3.05, 3.63) is 73.8 Å². The molecule has 2 unspecified atom stereocenters. The van der Waals surface area contributed by atoms with E-state index in [4.69, 9.17) is 21.5 Å². The molecule has 1 fully saturated rings. The van der Waals surface area contributed by atoms with Crippen LogP contribution in [0.1, 0.15) is 57.1 Å². The van der Waals surface area contributed by atoms with Gasteiger partial charge in [0.05, 0.1) is 19.3 Å². The van der Waals surface area contributed by atoms with E-state index >= 15 is 0 Å². The normalized spacial score (nSPS) is 24.2. The maximum atomic E-state index is 11.4. The number of thiophene rings is 1. The molecule has 1 aliphatic carbocycles. The summed E-state index contributed by atoms with van der Waals surface area (Å²) in [7, 11) is -4.09. The van der Waals surface area contributed by atoms with Crippen LogP contribution in [0.2, 0.25) is 5.02 Å². The average Bonchev–Trinajstić information content (AvgIpc) is 3.43. The van der Waals surface area contributed by atoms with Crippen LogP contribution in [-0.4, -0.2) is 54.0 Å². The van der Waals surface area contributed by atoms with Gasteiger partial charge in [0.2, 0.25) is 0 Å². The lowest BCUT2D eigenvalue weighted by Crippen LogP contribution is -2.24. The third kappa shape index (κ3) is 6.02. The van der Waals surface area contributed by atoms with Gasteiger partial charge in [0.25, 0.3) is 0 Å². The summed E-state index contributed by atoms with van der Waals surface area (Å²) in [6.07, 6.45) is 2.55. The fraction of sp³-hybridized carbons (Fsp3) is 0.440. The zero-order chi connectivity index (χ0) is 27.0. The minimum atomic E-state index is -4.09. The lowest BCUT2D eigenvalue weighted by Gasteiger charge is -2.26. The molecule has 1 aromatic carbocycles. The summed E-state index contributed by atoms with van der Waals surface area (Å²) in [5.41, 5.74) is 3.71. The lowest BCUT2D eigenvalue weighted by atomic mass is 9.93. The molecule has 5 atom stereocenters. The van der Waals surface area contributed by atoms with Crippen molar-refractivity contribution in [1.82, 2.24) is 9.97 Å². The highest BCUT2D eigenvalue weighted by molar-refractivity contribution is 7.84. The highest BCUT2D eigenvalue weighted by Crippen LogP contribution is 2.41. The number of benzene rings is 1. The van der Waals surface area contributed by atoms with E-state index in [1.165, 1.54) is 23.2 Å². The van der Waals surface area contributed by atoms with E-state index in [2.05, 4.69) is 19.5 Å². The maximum Gasteiger partial charge on any atom is 0.333 e. The van der Waals surface area contributed by atoms with Crippen molar-refractivity contribution >= 4 is 39.1 Å². The first-order chi connectivity index (χ1) is 18.1. The number of aromatic nitrogens is 2. The number of aliphatic hydroxyl groups is 2. The van der Waals surface area contributed by atoms with E-state index in [0.717, 1.165) is 27.3 Å². The highest BCUT2D eigenvalue weighted by Gasteiger charge is 2.35. The lowest BCUT2D eigenvalue weighted by molar-refractivity contribution is 0.0697. The topological polar surface area (TPSA) is 157 Å². The van der Waals surface area contributed by atoms with Crippen LogP contribution in [0.3, 0.4) is 0 Å². The summed E-state index contributed by atoms with van der Waals surface area (Å²) < 4.78 is 33.1. The standard InChI is InChI=1S/C25H29ClN4O6S2/c1-13-18(24-19-7-16(26)3-2-14(19)4-5-35-24)9-22(37-13)23(32)20-10-28-12-29-25(20)30-17-6-15(21(31)8-17)11-36-38(27,33)34/h2-3,7,9-10,12,15,17,21,23-24,31-32H,4-6,8,11H2,1H3,(H2,27,33,34)(H,28,29,30)/t15-,17-,21+,23?,24?/m1/s1. The Morgan fingerprint density at radius 3 is 2.92 bits per heavy atom. The fourth-order valence-corrected chi connectivity index (χ4v) is 6.78. The van der Waals surface area contributed by atoms with Crippen molar-refractivity contribution in [1.29, 1.82) is 0 Å². The molecule has 1 aliphatic heterocycles. The van der Waals surface area contributed by atoms with Crippen LogP contribution in [0.4, 0.5) is 5.82 Å². The number of nitrogens with two attached hydrogens (primary N) is 1. The molecule has 5 rings (SSSR count). The van der Waals surface area contributed by atoms with Gasteiger partial charge in [0, 0.05) is 38.5 Å². The molecular formula is C25H29ClN4O6S2. The minimum absolute atomic E-state index is 0.202. The molecule has 0 spiro atoms. The zero-order valence-electron chi connectivity index (χ0n) is 20.6. The third-order valence-corrected chi connectivity index (χ3v) is 8.87. The van der Waals surface area contributed by atoms with Crippen LogP contribution in [0, 0.1) is 12.8 Å². The number of hydrogen-bond acceptors (Lipinski definition) is 10. The van der Waals surface area contributed by atoms with Gasteiger partial charge in [-0.3, -0.25) is 4.18 Å². The van der Waals surface area contributed by atoms with Crippen molar-refractivity contribution < 1.29 is 27.6 Å². The van der Waals surface area contributed by atoms with Gasteiger partial charge in [-0.05, 0) is 61.1 Å². The van der Waals surface area contributed by atoms with Crippen molar-refractivity contribution in [3.63, 3.8) is 0 Å². The van der Waals surface area contributed by atoms with Crippen LogP contribution in [0.5, 0.6) is 0 Å². The second-order valence-corrected chi connectivity index (χ2v) is 12.6. The molecule has 0 radical (unpaired) electrons. The Bertz CT molecular complexity index is 1420. The van der Waals surface area contributed by atoms with E-state index in [0.29, 0.717) is 35.9 Å². The second kappa shape index (κ2) is 11.1. The summed E-state index contributed by atoms with van der Waals surface area (Å²) in [6.45, 7) is 2.40. The third-order valence-electron chi connectivity index (χ3n) is 7.05. The van der Waals surface area contributed by atoms with E-state index in [9.17, 15) is 18.6 Å². The number of anilines is 1. The molecule has 3 aromatic rings. The van der Waals surface area contributed by atoms with Gasteiger partial charge in [0.1, 0.15) is 24.4 Å². The van der Waals surface area contributed by atoms with Crippen molar-refractivity contribution in [2.75, 3.05) is 18.5 Å².